The summed E-state index contributed by atoms with van der Waals surface area (Å²) in [6, 6.07) is 11.8. The van der Waals surface area contributed by atoms with Gasteiger partial charge in [-0.05, 0) is 31.4 Å². The highest BCUT2D eigenvalue weighted by Gasteiger charge is 2.16. The number of hydrogen-bond acceptors (Lipinski definition) is 4. The van der Waals surface area contributed by atoms with Crippen LogP contribution in [0, 0.1) is 11.3 Å². The number of piperidine rings is 1. The molecule has 5 heteroatoms. The molecule has 0 spiro atoms. The van der Waals surface area contributed by atoms with E-state index in [1.807, 2.05) is 30.3 Å². The Morgan fingerprint density at radius 3 is 2.68 bits per heavy atom. The normalized spacial score (nSPS) is 15.4. The summed E-state index contributed by atoms with van der Waals surface area (Å²) in [6.07, 6.45) is 4.00. The van der Waals surface area contributed by atoms with Gasteiger partial charge in [0.1, 0.15) is 6.07 Å². The van der Waals surface area contributed by atoms with Crippen molar-refractivity contribution in [3.63, 3.8) is 0 Å². The SMILES string of the molecule is N#Cc1nc(-c2ccccc2)oc1NCC[NH+]1CCCCC1. The zero-order valence-corrected chi connectivity index (χ0v) is 12.6. The van der Waals surface area contributed by atoms with Gasteiger partial charge in [0.05, 0.1) is 26.2 Å². The molecule has 5 nitrogen and oxygen atoms in total. The van der Waals surface area contributed by atoms with E-state index in [2.05, 4.69) is 16.4 Å². The van der Waals surface area contributed by atoms with E-state index in [9.17, 15) is 5.26 Å². The van der Waals surface area contributed by atoms with Crippen molar-refractivity contribution in [2.75, 3.05) is 31.5 Å². The van der Waals surface area contributed by atoms with Gasteiger partial charge in [-0.3, -0.25) is 0 Å². The van der Waals surface area contributed by atoms with Crippen LogP contribution in [0.1, 0.15) is 25.0 Å². The Morgan fingerprint density at radius 1 is 1.18 bits per heavy atom. The molecule has 3 rings (SSSR count). The third kappa shape index (κ3) is 3.46. The van der Waals surface area contributed by atoms with E-state index in [0.29, 0.717) is 17.5 Å². The van der Waals surface area contributed by atoms with Gasteiger partial charge in [0.15, 0.2) is 0 Å². The van der Waals surface area contributed by atoms with Crippen LogP contribution in [0.2, 0.25) is 0 Å². The largest absolute Gasteiger partial charge is 0.419 e. The van der Waals surface area contributed by atoms with Gasteiger partial charge in [0.2, 0.25) is 17.5 Å². The first-order valence-corrected chi connectivity index (χ1v) is 7.90. The van der Waals surface area contributed by atoms with Crippen molar-refractivity contribution >= 4 is 5.88 Å². The number of aromatic nitrogens is 1. The maximum Gasteiger partial charge on any atom is 0.232 e. The Labute approximate surface area is 130 Å². The molecule has 1 fully saturated rings. The van der Waals surface area contributed by atoms with Crippen LogP contribution in [0.15, 0.2) is 34.7 Å². The van der Waals surface area contributed by atoms with Gasteiger partial charge in [0, 0.05) is 5.56 Å². The Bertz CT molecular complexity index is 638. The van der Waals surface area contributed by atoms with E-state index < -0.39 is 0 Å². The molecule has 114 valence electrons. The summed E-state index contributed by atoms with van der Waals surface area (Å²) in [5.41, 5.74) is 1.21. The summed E-state index contributed by atoms with van der Waals surface area (Å²) >= 11 is 0. The molecule has 2 N–H and O–H groups in total. The van der Waals surface area contributed by atoms with Gasteiger partial charge in [0.25, 0.3) is 0 Å². The van der Waals surface area contributed by atoms with Gasteiger partial charge < -0.3 is 14.6 Å². The molecule has 0 saturated carbocycles. The van der Waals surface area contributed by atoms with E-state index in [1.165, 1.54) is 32.4 Å². The van der Waals surface area contributed by atoms with E-state index in [1.54, 1.807) is 4.90 Å². The maximum atomic E-state index is 9.21. The predicted octanol–water partition coefficient (Wildman–Crippen LogP) is 1.69. The molecule has 2 heterocycles. The van der Waals surface area contributed by atoms with Crippen LogP contribution in [-0.4, -0.2) is 31.2 Å². The lowest BCUT2D eigenvalue weighted by Crippen LogP contribution is -3.13. The predicted molar refractivity (Wildman–Crippen MR) is 84.6 cm³/mol. The molecule has 1 aliphatic rings. The topological polar surface area (TPSA) is 66.3 Å². The van der Waals surface area contributed by atoms with Crippen molar-refractivity contribution in [2.45, 2.75) is 19.3 Å². The second-order valence-corrected chi connectivity index (χ2v) is 5.66. The standard InChI is InChI=1S/C17H20N4O/c18-13-15-17(19-9-12-21-10-5-2-6-11-21)22-16(20-15)14-7-3-1-4-8-14/h1,3-4,7-8,19H,2,5-6,9-12H2/p+1. The van der Waals surface area contributed by atoms with Crippen molar-refractivity contribution in [3.8, 4) is 17.5 Å². The minimum atomic E-state index is 0.326. The molecule has 0 amide bonds. The monoisotopic (exact) mass is 297 g/mol. The van der Waals surface area contributed by atoms with Crippen molar-refractivity contribution in [1.29, 1.82) is 5.26 Å². The number of nitrogens with one attached hydrogen (secondary N) is 2. The zero-order chi connectivity index (χ0) is 15.2. The van der Waals surface area contributed by atoms with Crippen LogP contribution in [0.5, 0.6) is 0 Å². The Balaban J connectivity index is 1.63. The summed E-state index contributed by atoms with van der Waals surface area (Å²) in [7, 11) is 0. The number of rotatable bonds is 5. The highest BCUT2D eigenvalue weighted by Crippen LogP contribution is 2.24. The number of quaternary nitrogens is 1. The summed E-state index contributed by atoms with van der Waals surface area (Å²) < 4.78 is 5.73. The first-order valence-electron chi connectivity index (χ1n) is 7.90. The molecule has 0 aliphatic carbocycles. The first-order chi connectivity index (χ1) is 10.9. The average Bonchev–Trinajstić information content (AvgIpc) is 3.00. The third-order valence-corrected chi connectivity index (χ3v) is 4.08. The molecule has 1 aromatic carbocycles. The zero-order valence-electron chi connectivity index (χ0n) is 12.6. The Morgan fingerprint density at radius 2 is 1.95 bits per heavy atom. The van der Waals surface area contributed by atoms with Crippen molar-refractivity contribution in [3.05, 3.63) is 36.0 Å². The average molecular weight is 297 g/mol. The highest BCUT2D eigenvalue weighted by molar-refractivity contribution is 5.58. The molecule has 0 atom stereocenters. The summed E-state index contributed by atoms with van der Waals surface area (Å²) in [6.45, 7) is 4.34. The molecule has 2 aromatic rings. The lowest BCUT2D eigenvalue weighted by molar-refractivity contribution is -0.903. The third-order valence-electron chi connectivity index (χ3n) is 4.08. The van der Waals surface area contributed by atoms with Gasteiger partial charge in [-0.1, -0.05) is 18.2 Å². The van der Waals surface area contributed by atoms with E-state index in [-0.39, 0.29) is 0 Å². The molecule has 1 aromatic heterocycles. The number of anilines is 1. The molecular formula is C17H21N4O+. The molecular weight excluding hydrogens is 276 g/mol. The van der Waals surface area contributed by atoms with Crippen LogP contribution < -0.4 is 10.2 Å². The smallest absolute Gasteiger partial charge is 0.232 e. The number of hydrogen-bond donors (Lipinski definition) is 2. The minimum Gasteiger partial charge on any atom is -0.419 e. The number of nitriles is 1. The maximum absolute atomic E-state index is 9.21. The lowest BCUT2D eigenvalue weighted by Gasteiger charge is -2.23. The van der Waals surface area contributed by atoms with Crippen LogP contribution in [0.4, 0.5) is 5.88 Å². The van der Waals surface area contributed by atoms with Crippen molar-refractivity contribution in [2.24, 2.45) is 0 Å². The van der Waals surface area contributed by atoms with E-state index in [0.717, 1.165) is 18.7 Å². The van der Waals surface area contributed by atoms with Crippen LogP contribution in [0.3, 0.4) is 0 Å². The van der Waals surface area contributed by atoms with Crippen LogP contribution in [0.25, 0.3) is 11.5 Å². The number of benzene rings is 1. The van der Waals surface area contributed by atoms with E-state index >= 15 is 0 Å². The molecule has 22 heavy (non-hydrogen) atoms. The van der Waals surface area contributed by atoms with E-state index in [4.69, 9.17) is 4.42 Å². The molecule has 0 unspecified atom stereocenters. The minimum absolute atomic E-state index is 0.326. The molecule has 1 aliphatic heterocycles. The molecule has 0 bridgehead atoms. The fourth-order valence-electron chi connectivity index (χ4n) is 2.87. The van der Waals surface area contributed by atoms with Gasteiger partial charge in [-0.25, -0.2) is 0 Å². The molecule has 1 saturated heterocycles. The number of nitrogens with zero attached hydrogens (tertiary/aromatic N) is 2. The molecule has 0 radical (unpaired) electrons. The second-order valence-electron chi connectivity index (χ2n) is 5.66. The number of likely N-dealkylation sites (tertiary alicyclic amines) is 1. The van der Waals surface area contributed by atoms with Crippen molar-refractivity contribution in [1.82, 2.24) is 4.98 Å². The second kappa shape index (κ2) is 7.10. The summed E-state index contributed by atoms with van der Waals surface area (Å²) in [5, 5.41) is 12.4. The Kier molecular flexibility index (Phi) is 4.71. The summed E-state index contributed by atoms with van der Waals surface area (Å²) in [4.78, 5) is 5.89. The van der Waals surface area contributed by atoms with Gasteiger partial charge in [-0.15, -0.1) is 0 Å². The van der Waals surface area contributed by atoms with Gasteiger partial charge in [-0.2, -0.15) is 10.2 Å². The lowest BCUT2D eigenvalue weighted by atomic mass is 10.1. The highest BCUT2D eigenvalue weighted by atomic mass is 16.4. The quantitative estimate of drug-likeness (QED) is 0.881. The van der Waals surface area contributed by atoms with Crippen LogP contribution in [-0.2, 0) is 0 Å². The van der Waals surface area contributed by atoms with Crippen LogP contribution >= 0.6 is 0 Å². The first kappa shape index (κ1) is 14.6. The summed E-state index contributed by atoms with van der Waals surface area (Å²) in [5.74, 6) is 0.975. The Hall–Kier alpha value is -2.32. The number of oxazole rings is 1. The fourth-order valence-corrected chi connectivity index (χ4v) is 2.87. The van der Waals surface area contributed by atoms with Gasteiger partial charge >= 0.3 is 0 Å². The van der Waals surface area contributed by atoms with Crippen molar-refractivity contribution < 1.29 is 9.32 Å². The fraction of sp³-hybridized carbons (Fsp3) is 0.412.